The van der Waals surface area contributed by atoms with Gasteiger partial charge in [-0.3, -0.25) is 4.90 Å². The third-order valence-corrected chi connectivity index (χ3v) is 4.64. The number of likely N-dealkylation sites (N-methyl/N-ethyl adjacent to an activating group) is 2. The van der Waals surface area contributed by atoms with Gasteiger partial charge >= 0.3 is 0 Å². The van der Waals surface area contributed by atoms with Crippen molar-refractivity contribution in [3.8, 4) is 0 Å². The van der Waals surface area contributed by atoms with Crippen molar-refractivity contribution in [2.24, 2.45) is 5.73 Å². The molecule has 4 nitrogen and oxygen atoms in total. The number of hydrogen-bond acceptors (Lipinski definition) is 4. The summed E-state index contributed by atoms with van der Waals surface area (Å²) in [5.74, 6) is 0. The van der Waals surface area contributed by atoms with Gasteiger partial charge in [0, 0.05) is 26.2 Å². The first-order valence-electron chi connectivity index (χ1n) is 7.66. The summed E-state index contributed by atoms with van der Waals surface area (Å²) in [6.45, 7) is 7.34. The van der Waals surface area contributed by atoms with Crippen molar-refractivity contribution >= 4 is 0 Å². The van der Waals surface area contributed by atoms with Crippen LogP contribution in [0, 0.1) is 0 Å². The zero-order chi connectivity index (χ0) is 14.5. The van der Waals surface area contributed by atoms with Gasteiger partial charge < -0.3 is 15.4 Å². The minimum atomic E-state index is 0.0250. The summed E-state index contributed by atoms with van der Waals surface area (Å²) < 4.78 is 5.80. The molecule has 3 atom stereocenters. The topological polar surface area (TPSA) is 41.7 Å². The molecule has 1 saturated carbocycles. The highest BCUT2D eigenvalue weighted by Gasteiger charge is 2.45. The molecular weight excluding hydrogens is 238 g/mol. The first-order valence-corrected chi connectivity index (χ1v) is 7.66. The van der Waals surface area contributed by atoms with Crippen molar-refractivity contribution < 1.29 is 4.74 Å². The van der Waals surface area contributed by atoms with E-state index in [0.29, 0.717) is 12.6 Å². The Bertz CT molecular complexity index is 260. The van der Waals surface area contributed by atoms with Gasteiger partial charge in [0.15, 0.2) is 0 Å². The maximum atomic E-state index is 6.21. The molecular formula is C15H33N3O. The molecule has 0 amide bonds. The van der Waals surface area contributed by atoms with Gasteiger partial charge in [-0.05, 0) is 40.4 Å². The maximum Gasteiger partial charge on any atom is 0.0767 e. The van der Waals surface area contributed by atoms with Crippen LogP contribution in [0.1, 0.15) is 39.5 Å². The van der Waals surface area contributed by atoms with E-state index in [0.717, 1.165) is 25.9 Å². The van der Waals surface area contributed by atoms with E-state index < -0.39 is 0 Å². The highest BCUT2D eigenvalue weighted by atomic mass is 16.5. The molecule has 1 aliphatic rings. The number of nitrogens with two attached hydrogens (primary N) is 1. The highest BCUT2D eigenvalue weighted by molar-refractivity contribution is 5.02. The van der Waals surface area contributed by atoms with Crippen molar-refractivity contribution in [3.63, 3.8) is 0 Å². The molecule has 114 valence electrons. The maximum absolute atomic E-state index is 6.21. The molecule has 0 aromatic heterocycles. The molecule has 1 rings (SSSR count). The minimum Gasteiger partial charge on any atom is -0.379 e. The van der Waals surface area contributed by atoms with Crippen LogP contribution < -0.4 is 5.73 Å². The number of methoxy groups -OCH3 is 1. The number of nitrogens with zero attached hydrogens (tertiary/aromatic N) is 2. The quantitative estimate of drug-likeness (QED) is 0.763. The van der Waals surface area contributed by atoms with Crippen LogP contribution in [0.5, 0.6) is 0 Å². The van der Waals surface area contributed by atoms with E-state index in [1.165, 1.54) is 12.8 Å². The molecule has 0 aliphatic heterocycles. The SMILES string of the molecule is CCN(C(C)CN(C)C)C1(CN)CCCCC1OC. The van der Waals surface area contributed by atoms with Gasteiger partial charge in [0.25, 0.3) is 0 Å². The summed E-state index contributed by atoms with van der Waals surface area (Å²) >= 11 is 0. The lowest BCUT2D eigenvalue weighted by Crippen LogP contribution is -2.66. The standard InChI is InChI=1S/C15H33N3O/c1-6-18(13(2)11-17(3)4)15(12-16)10-8-7-9-14(15)19-5/h13-14H,6-12,16H2,1-5H3. The van der Waals surface area contributed by atoms with Crippen LogP contribution in [-0.4, -0.2) is 68.3 Å². The molecule has 4 heteroatoms. The molecule has 0 bridgehead atoms. The molecule has 1 fully saturated rings. The third-order valence-electron chi connectivity index (χ3n) is 4.64. The second-order valence-corrected chi connectivity index (χ2v) is 6.18. The predicted octanol–water partition coefficient (Wildman–Crippen LogP) is 1.54. The molecule has 19 heavy (non-hydrogen) atoms. The molecule has 0 spiro atoms. The van der Waals surface area contributed by atoms with Crippen LogP contribution >= 0.6 is 0 Å². The summed E-state index contributed by atoms with van der Waals surface area (Å²) in [6, 6.07) is 0.499. The van der Waals surface area contributed by atoms with Gasteiger partial charge in [-0.1, -0.05) is 19.8 Å². The summed E-state index contributed by atoms with van der Waals surface area (Å²) in [4.78, 5) is 4.84. The van der Waals surface area contributed by atoms with E-state index in [2.05, 4.69) is 37.7 Å². The zero-order valence-electron chi connectivity index (χ0n) is 13.5. The summed E-state index contributed by atoms with van der Waals surface area (Å²) in [5.41, 5.74) is 6.24. The fourth-order valence-corrected chi connectivity index (χ4v) is 3.90. The summed E-state index contributed by atoms with van der Waals surface area (Å²) in [7, 11) is 6.10. The zero-order valence-corrected chi connectivity index (χ0v) is 13.5. The second-order valence-electron chi connectivity index (χ2n) is 6.18. The Labute approximate surface area is 119 Å². The average Bonchev–Trinajstić information content (AvgIpc) is 2.38. The van der Waals surface area contributed by atoms with Crippen molar-refractivity contribution in [2.75, 3.05) is 40.8 Å². The Hall–Kier alpha value is -0.160. The first kappa shape index (κ1) is 16.9. The van der Waals surface area contributed by atoms with Gasteiger partial charge in [0.1, 0.15) is 0 Å². The molecule has 0 aromatic rings. The predicted molar refractivity (Wildman–Crippen MR) is 81.4 cm³/mol. The smallest absolute Gasteiger partial charge is 0.0767 e. The molecule has 2 N–H and O–H groups in total. The average molecular weight is 271 g/mol. The molecule has 0 saturated heterocycles. The van der Waals surface area contributed by atoms with Crippen molar-refractivity contribution in [2.45, 2.75) is 57.2 Å². The van der Waals surface area contributed by atoms with Gasteiger partial charge in [-0.15, -0.1) is 0 Å². The molecule has 0 aromatic carbocycles. The van der Waals surface area contributed by atoms with Crippen LogP contribution in [0.4, 0.5) is 0 Å². The van der Waals surface area contributed by atoms with Crippen LogP contribution in [-0.2, 0) is 4.74 Å². The van der Waals surface area contributed by atoms with E-state index >= 15 is 0 Å². The van der Waals surface area contributed by atoms with Crippen LogP contribution in [0.2, 0.25) is 0 Å². The van der Waals surface area contributed by atoms with E-state index in [-0.39, 0.29) is 11.6 Å². The minimum absolute atomic E-state index is 0.0250. The number of rotatable bonds is 7. The van der Waals surface area contributed by atoms with E-state index in [4.69, 9.17) is 10.5 Å². The van der Waals surface area contributed by atoms with Crippen molar-refractivity contribution in [3.05, 3.63) is 0 Å². The molecule has 3 unspecified atom stereocenters. The van der Waals surface area contributed by atoms with E-state index in [1.807, 2.05) is 7.11 Å². The fourth-order valence-electron chi connectivity index (χ4n) is 3.90. The second kappa shape index (κ2) is 7.58. The fraction of sp³-hybridized carbons (Fsp3) is 1.00. The van der Waals surface area contributed by atoms with E-state index in [9.17, 15) is 0 Å². The number of hydrogen-bond donors (Lipinski definition) is 1. The Morgan fingerprint density at radius 2 is 2.05 bits per heavy atom. The van der Waals surface area contributed by atoms with Crippen molar-refractivity contribution in [1.29, 1.82) is 0 Å². The Morgan fingerprint density at radius 1 is 1.37 bits per heavy atom. The van der Waals surface area contributed by atoms with Gasteiger partial charge in [0.05, 0.1) is 11.6 Å². The van der Waals surface area contributed by atoms with Crippen LogP contribution in [0.15, 0.2) is 0 Å². The van der Waals surface area contributed by atoms with Crippen LogP contribution in [0.3, 0.4) is 0 Å². The Morgan fingerprint density at radius 3 is 2.53 bits per heavy atom. The summed E-state index contributed by atoms with van der Waals surface area (Å²) in [5, 5.41) is 0. The lowest BCUT2D eigenvalue weighted by molar-refractivity contribution is -0.0897. The monoisotopic (exact) mass is 271 g/mol. The van der Waals surface area contributed by atoms with Gasteiger partial charge in [-0.25, -0.2) is 0 Å². The largest absolute Gasteiger partial charge is 0.379 e. The highest BCUT2D eigenvalue weighted by Crippen LogP contribution is 2.36. The summed E-state index contributed by atoms with van der Waals surface area (Å²) in [6.07, 6.45) is 5.10. The molecule has 1 aliphatic carbocycles. The first-order chi connectivity index (χ1) is 9.01. The lowest BCUT2D eigenvalue weighted by Gasteiger charge is -2.52. The van der Waals surface area contributed by atoms with E-state index in [1.54, 1.807) is 0 Å². The van der Waals surface area contributed by atoms with Gasteiger partial charge in [0.2, 0.25) is 0 Å². The number of ether oxygens (including phenoxy) is 1. The third kappa shape index (κ3) is 3.69. The molecule has 0 radical (unpaired) electrons. The van der Waals surface area contributed by atoms with Gasteiger partial charge in [-0.2, -0.15) is 0 Å². The lowest BCUT2D eigenvalue weighted by atomic mass is 9.76. The Balaban J connectivity index is 2.94. The Kier molecular flexibility index (Phi) is 6.74. The molecule has 0 heterocycles. The normalized spacial score (nSPS) is 30.0. The van der Waals surface area contributed by atoms with Crippen LogP contribution in [0.25, 0.3) is 0 Å². The van der Waals surface area contributed by atoms with Crippen molar-refractivity contribution in [1.82, 2.24) is 9.80 Å².